The van der Waals surface area contributed by atoms with Gasteiger partial charge < -0.3 is 10.6 Å². The minimum atomic E-state index is -4.87. The second kappa shape index (κ2) is 8.81. The predicted molar refractivity (Wildman–Crippen MR) is 122 cm³/mol. The van der Waals surface area contributed by atoms with Crippen LogP contribution in [0.25, 0.3) is 0 Å². The zero-order valence-electron chi connectivity index (χ0n) is 16.5. The van der Waals surface area contributed by atoms with Crippen molar-refractivity contribution < 1.29 is 26.4 Å². The maximum absolute atomic E-state index is 13.2. The van der Waals surface area contributed by atoms with Gasteiger partial charge in [0, 0.05) is 22.5 Å². The fourth-order valence-corrected chi connectivity index (χ4v) is 5.12. The van der Waals surface area contributed by atoms with E-state index in [0.29, 0.717) is 17.3 Å². The second-order valence-electron chi connectivity index (χ2n) is 7.06. The fourth-order valence-electron chi connectivity index (χ4n) is 3.36. The van der Waals surface area contributed by atoms with Crippen LogP contribution in [0.15, 0.2) is 53.6 Å². The average Bonchev–Trinajstić information content (AvgIpc) is 2.72. The molecule has 1 aromatic heterocycles. The van der Waals surface area contributed by atoms with Crippen LogP contribution in [0, 0.1) is 0 Å². The zero-order valence-corrected chi connectivity index (χ0v) is 19.6. The first-order valence-corrected chi connectivity index (χ1v) is 11.9. The number of halogens is 6. The number of pyridine rings is 1. The first kappa shape index (κ1) is 24.4. The molecule has 14 heteroatoms. The molecule has 0 bridgehead atoms. The van der Waals surface area contributed by atoms with Crippen LogP contribution < -0.4 is 15.4 Å². The van der Waals surface area contributed by atoms with Gasteiger partial charge in [0.15, 0.2) is 0 Å². The molecule has 0 saturated heterocycles. The van der Waals surface area contributed by atoms with Crippen molar-refractivity contribution >= 4 is 62.2 Å². The summed E-state index contributed by atoms with van der Waals surface area (Å²) in [6.07, 6.45) is -3.64. The van der Waals surface area contributed by atoms with Gasteiger partial charge >= 0.3 is 12.2 Å². The molecule has 178 valence electrons. The Balaban J connectivity index is 1.81. The van der Waals surface area contributed by atoms with Gasteiger partial charge in [-0.2, -0.15) is 13.2 Å². The van der Waals surface area contributed by atoms with Gasteiger partial charge in [-0.25, -0.2) is 13.2 Å². The number of aromatic nitrogens is 1. The monoisotopic (exact) mass is 550 g/mol. The summed E-state index contributed by atoms with van der Waals surface area (Å²) < 4.78 is 67.9. The van der Waals surface area contributed by atoms with Gasteiger partial charge in [-0.05, 0) is 36.4 Å². The van der Waals surface area contributed by atoms with Crippen molar-refractivity contribution in [1.29, 1.82) is 0 Å². The van der Waals surface area contributed by atoms with Crippen molar-refractivity contribution in [3.05, 3.63) is 80.6 Å². The van der Waals surface area contributed by atoms with Crippen molar-refractivity contribution in [2.24, 2.45) is 0 Å². The van der Waals surface area contributed by atoms with Crippen molar-refractivity contribution in [3.8, 4) is 0 Å². The first-order valence-electron chi connectivity index (χ1n) is 9.28. The van der Waals surface area contributed by atoms with E-state index < -0.39 is 43.8 Å². The molecule has 0 saturated carbocycles. The molecule has 3 aromatic rings. The molecule has 4 rings (SSSR count). The lowest BCUT2D eigenvalue weighted by atomic mass is 9.98. The highest BCUT2D eigenvalue weighted by Gasteiger charge is 2.35. The number of benzene rings is 2. The third kappa shape index (κ3) is 4.74. The maximum atomic E-state index is 13.2. The summed E-state index contributed by atoms with van der Waals surface area (Å²) in [4.78, 5) is 15.7. The van der Waals surface area contributed by atoms with Crippen LogP contribution in [-0.2, 0) is 16.2 Å². The van der Waals surface area contributed by atoms with E-state index in [-0.39, 0.29) is 21.4 Å². The van der Waals surface area contributed by atoms with Gasteiger partial charge in [-0.15, -0.1) is 0 Å². The number of nitrogens with zero attached hydrogens (tertiary/aromatic N) is 1. The number of hydrogen-bond acceptors (Lipinski definition) is 4. The molecular formula is C20H12Cl3F3N4O3S. The Labute approximate surface area is 206 Å². The smallest absolute Gasteiger partial charge is 0.325 e. The lowest BCUT2D eigenvalue weighted by molar-refractivity contribution is -0.137. The van der Waals surface area contributed by atoms with E-state index in [1.807, 2.05) is 0 Å². The summed E-state index contributed by atoms with van der Waals surface area (Å²) in [5, 5.41) is 4.84. The number of nitrogens with one attached hydrogen (secondary N) is 3. The van der Waals surface area contributed by atoms with E-state index in [2.05, 4.69) is 20.3 Å². The third-order valence-corrected chi connectivity index (χ3v) is 7.05. The van der Waals surface area contributed by atoms with Crippen LogP contribution in [0.3, 0.4) is 0 Å². The van der Waals surface area contributed by atoms with Gasteiger partial charge in [0.05, 0.1) is 31.9 Å². The molecule has 1 atom stereocenters. The number of amides is 2. The fraction of sp³-hybridized carbons (Fsp3) is 0.100. The maximum Gasteiger partial charge on any atom is 0.417 e. The highest BCUT2D eigenvalue weighted by Crippen LogP contribution is 2.40. The Morgan fingerprint density at radius 3 is 2.47 bits per heavy atom. The number of fused-ring (bicyclic) bond motifs is 1. The van der Waals surface area contributed by atoms with E-state index in [1.165, 1.54) is 12.3 Å². The van der Waals surface area contributed by atoms with Crippen LogP contribution in [0.1, 0.15) is 22.9 Å². The molecule has 2 amide bonds. The molecule has 2 heterocycles. The van der Waals surface area contributed by atoms with Gasteiger partial charge in [0.25, 0.3) is 10.0 Å². The standard InChI is InChI=1S/C20H12Cl3F3N4O3S/c21-9-6-15(30-34(32,33)10-4-5-12(22)11(7-10)20(24,25)26)17(27-8-9)18-16-13(23)2-1-3-14(16)28-19(31)29-18/h1-8,18,30H,(H2,28,29,31). The van der Waals surface area contributed by atoms with Crippen molar-refractivity contribution in [2.45, 2.75) is 17.1 Å². The minimum absolute atomic E-state index is 0.0159. The molecule has 7 nitrogen and oxygen atoms in total. The number of anilines is 2. The van der Waals surface area contributed by atoms with Crippen LogP contribution in [0.5, 0.6) is 0 Å². The van der Waals surface area contributed by atoms with Gasteiger partial charge in [-0.3, -0.25) is 9.71 Å². The number of hydrogen-bond donors (Lipinski definition) is 3. The van der Waals surface area contributed by atoms with E-state index in [9.17, 15) is 26.4 Å². The Morgan fingerprint density at radius 2 is 1.76 bits per heavy atom. The quantitative estimate of drug-likeness (QED) is 0.366. The van der Waals surface area contributed by atoms with E-state index in [1.54, 1.807) is 18.2 Å². The number of rotatable bonds is 4. The molecule has 0 fully saturated rings. The van der Waals surface area contributed by atoms with Gasteiger partial charge in [0.2, 0.25) is 0 Å². The molecule has 1 unspecified atom stereocenters. The summed E-state index contributed by atoms with van der Waals surface area (Å²) >= 11 is 17.9. The number of carbonyl (C=O) groups is 1. The molecule has 0 aliphatic carbocycles. The summed E-state index contributed by atoms with van der Waals surface area (Å²) in [5.41, 5.74) is -0.687. The Kier molecular flexibility index (Phi) is 6.32. The largest absolute Gasteiger partial charge is 0.417 e. The number of sulfonamides is 1. The van der Waals surface area contributed by atoms with Crippen LogP contribution in [-0.4, -0.2) is 19.4 Å². The molecule has 0 spiro atoms. The zero-order chi connectivity index (χ0) is 24.8. The summed E-state index contributed by atoms with van der Waals surface area (Å²) in [6.45, 7) is 0. The van der Waals surface area contributed by atoms with Gasteiger partial charge in [-0.1, -0.05) is 40.9 Å². The molecule has 1 aliphatic heterocycles. The second-order valence-corrected chi connectivity index (χ2v) is 10.00. The lowest BCUT2D eigenvalue weighted by Crippen LogP contribution is -2.39. The Bertz CT molecular complexity index is 1420. The summed E-state index contributed by atoms with van der Waals surface area (Å²) in [7, 11) is -4.56. The van der Waals surface area contributed by atoms with Crippen LogP contribution in [0.4, 0.5) is 29.3 Å². The normalized spacial score (nSPS) is 15.8. The van der Waals surface area contributed by atoms with Crippen LogP contribution in [0.2, 0.25) is 15.1 Å². The third-order valence-electron chi connectivity index (χ3n) is 4.82. The van der Waals surface area contributed by atoms with E-state index in [0.717, 1.165) is 12.1 Å². The van der Waals surface area contributed by atoms with E-state index in [4.69, 9.17) is 34.8 Å². The SMILES string of the molecule is O=C1Nc2cccc(Cl)c2C(c2ncc(Cl)cc2NS(=O)(=O)c2ccc(Cl)c(C(F)(F)F)c2)N1. The highest BCUT2D eigenvalue weighted by molar-refractivity contribution is 7.92. The van der Waals surface area contributed by atoms with Crippen LogP contribution >= 0.6 is 34.8 Å². The lowest BCUT2D eigenvalue weighted by Gasteiger charge is -2.29. The van der Waals surface area contributed by atoms with E-state index >= 15 is 0 Å². The highest BCUT2D eigenvalue weighted by atomic mass is 35.5. The van der Waals surface area contributed by atoms with Gasteiger partial charge in [0.1, 0.15) is 6.04 Å². The molecule has 0 radical (unpaired) electrons. The topological polar surface area (TPSA) is 100 Å². The number of alkyl halides is 3. The molecule has 3 N–H and O–H groups in total. The molecule has 2 aromatic carbocycles. The Morgan fingerprint density at radius 1 is 1.03 bits per heavy atom. The number of carbonyl (C=O) groups excluding carboxylic acids is 1. The molecule has 1 aliphatic rings. The molecule has 34 heavy (non-hydrogen) atoms. The summed E-state index contributed by atoms with van der Waals surface area (Å²) in [6, 6.07) is 6.57. The first-order chi connectivity index (χ1) is 15.9. The van der Waals surface area contributed by atoms with Crippen molar-refractivity contribution in [3.63, 3.8) is 0 Å². The minimum Gasteiger partial charge on any atom is -0.325 e. The Hall–Kier alpha value is -2.73. The van der Waals surface area contributed by atoms with Crippen molar-refractivity contribution in [1.82, 2.24) is 10.3 Å². The number of urea groups is 1. The predicted octanol–water partition coefficient (Wildman–Crippen LogP) is 6.09. The van der Waals surface area contributed by atoms with Crippen molar-refractivity contribution in [2.75, 3.05) is 10.0 Å². The molecular weight excluding hydrogens is 540 g/mol. The average molecular weight is 552 g/mol. The summed E-state index contributed by atoms with van der Waals surface area (Å²) in [5.74, 6) is 0.